The van der Waals surface area contributed by atoms with E-state index in [1.807, 2.05) is 49.4 Å². The Labute approximate surface area is 279 Å². The minimum atomic E-state index is -0.809. The second-order valence-electron chi connectivity index (χ2n) is 13.3. The van der Waals surface area contributed by atoms with E-state index in [0.29, 0.717) is 41.0 Å². The molecule has 3 amide bonds. The van der Waals surface area contributed by atoms with E-state index in [0.717, 1.165) is 73.9 Å². The number of aromatic amines is 2. The van der Waals surface area contributed by atoms with E-state index >= 15 is 0 Å². The summed E-state index contributed by atoms with van der Waals surface area (Å²) in [5, 5.41) is 18.3. The van der Waals surface area contributed by atoms with E-state index in [1.165, 1.54) is 0 Å². The van der Waals surface area contributed by atoms with Crippen molar-refractivity contribution < 1.29 is 14.4 Å². The maximum absolute atomic E-state index is 13.7. The Bertz CT molecular complexity index is 1820. The van der Waals surface area contributed by atoms with Crippen molar-refractivity contribution in [2.75, 3.05) is 25.0 Å². The van der Waals surface area contributed by atoms with Crippen LogP contribution >= 0.6 is 0 Å². The maximum atomic E-state index is 13.7. The molecule has 1 atom stereocenters. The number of amides is 3. The molecule has 6 rings (SSSR count). The van der Waals surface area contributed by atoms with E-state index in [4.69, 9.17) is 5.73 Å². The lowest BCUT2D eigenvalue weighted by Gasteiger charge is -2.28. The molecule has 252 valence electrons. The predicted molar refractivity (Wildman–Crippen MR) is 188 cm³/mol. The van der Waals surface area contributed by atoms with Crippen molar-refractivity contribution in [3.63, 3.8) is 0 Å². The standard InChI is InChI=1S/C37H45N7O4/c1-22-18-27(35(46)40-28-14-16-39-17-15-28)10-12-30(22)25-6-2-23(3-7-25)19-33(42-34(45)26-8-4-24(21-38)5-9-26)37(48)41-29-11-13-31-32(20-29)43-44-36(31)47/h2-3,6-7,10-13,18,20,24,26,28,33,39H,4-5,8-9,14-17,19,21,38H2,1H3,(H,40,46)(H,41,48)(H,42,45)(H2,43,44,47)/t24?,26?,33-/m0/s1. The molecule has 11 heteroatoms. The summed E-state index contributed by atoms with van der Waals surface area (Å²) in [4.78, 5) is 51.9. The number of carbonyl (C=O) groups is 3. The molecule has 2 heterocycles. The summed E-state index contributed by atoms with van der Waals surface area (Å²) in [6, 6.07) is 18.1. The second kappa shape index (κ2) is 15.0. The molecule has 1 aliphatic carbocycles. The Balaban J connectivity index is 1.15. The highest BCUT2D eigenvalue weighted by atomic mass is 16.2. The monoisotopic (exact) mass is 651 g/mol. The summed E-state index contributed by atoms with van der Waals surface area (Å²) in [5.41, 5.74) is 11.3. The first-order chi connectivity index (χ1) is 23.3. The summed E-state index contributed by atoms with van der Waals surface area (Å²) >= 11 is 0. The molecule has 2 aliphatic rings. The Morgan fingerprint density at radius 1 is 0.896 bits per heavy atom. The molecule has 1 aliphatic heterocycles. The lowest BCUT2D eigenvalue weighted by molar-refractivity contribution is -0.130. The second-order valence-corrected chi connectivity index (χ2v) is 13.3. The molecule has 1 saturated carbocycles. The number of nitrogens with one attached hydrogen (secondary N) is 6. The number of benzene rings is 3. The summed E-state index contributed by atoms with van der Waals surface area (Å²) in [6.07, 6.45) is 5.49. The van der Waals surface area contributed by atoms with Gasteiger partial charge >= 0.3 is 0 Å². The number of aromatic nitrogens is 2. The van der Waals surface area contributed by atoms with Gasteiger partial charge in [-0.1, -0.05) is 30.3 Å². The summed E-state index contributed by atoms with van der Waals surface area (Å²) in [5.74, 6) is -0.216. The number of rotatable bonds is 10. The van der Waals surface area contributed by atoms with E-state index in [1.54, 1.807) is 18.2 Å². The number of aryl methyl sites for hydroxylation is 1. The van der Waals surface area contributed by atoms with Gasteiger partial charge in [-0.2, -0.15) is 0 Å². The van der Waals surface area contributed by atoms with Gasteiger partial charge in [-0.25, -0.2) is 0 Å². The highest BCUT2D eigenvalue weighted by molar-refractivity contribution is 5.99. The van der Waals surface area contributed by atoms with E-state index in [2.05, 4.69) is 31.5 Å². The lowest BCUT2D eigenvalue weighted by atomic mass is 9.81. The molecular formula is C37H45N7O4. The summed E-state index contributed by atoms with van der Waals surface area (Å²) < 4.78 is 0. The molecule has 11 nitrogen and oxygen atoms in total. The van der Waals surface area contributed by atoms with Gasteiger partial charge in [0.1, 0.15) is 6.04 Å². The average Bonchev–Trinajstić information content (AvgIpc) is 3.48. The number of hydrogen-bond donors (Lipinski definition) is 7. The number of carbonyl (C=O) groups excluding carboxylic acids is 3. The minimum absolute atomic E-state index is 0.0491. The Kier molecular flexibility index (Phi) is 10.4. The van der Waals surface area contributed by atoms with Gasteiger partial charge < -0.3 is 27.0 Å². The van der Waals surface area contributed by atoms with E-state index in [-0.39, 0.29) is 35.2 Å². The zero-order chi connectivity index (χ0) is 33.6. The molecular weight excluding hydrogens is 606 g/mol. The van der Waals surface area contributed by atoms with Crippen LogP contribution < -0.4 is 32.6 Å². The third kappa shape index (κ3) is 7.86. The molecule has 2 fully saturated rings. The van der Waals surface area contributed by atoms with Gasteiger partial charge in [0.25, 0.3) is 11.5 Å². The van der Waals surface area contributed by atoms with Gasteiger partial charge in [-0.3, -0.25) is 29.4 Å². The van der Waals surface area contributed by atoms with Gasteiger partial charge in [0.2, 0.25) is 11.8 Å². The number of anilines is 1. The molecule has 8 N–H and O–H groups in total. The van der Waals surface area contributed by atoms with Crippen molar-refractivity contribution in [3.05, 3.63) is 87.7 Å². The highest BCUT2D eigenvalue weighted by Crippen LogP contribution is 2.29. The number of fused-ring (bicyclic) bond motifs is 1. The fraction of sp³-hybridized carbons (Fsp3) is 0.405. The average molecular weight is 652 g/mol. The van der Waals surface area contributed by atoms with Crippen LogP contribution in [0.15, 0.2) is 65.5 Å². The summed E-state index contributed by atoms with van der Waals surface area (Å²) in [7, 11) is 0. The highest BCUT2D eigenvalue weighted by Gasteiger charge is 2.29. The molecule has 1 aromatic heterocycles. The minimum Gasteiger partial charge on any atom is -0.349 e. The van der Waals surface area contributed by atoms with Crippen molar-refractivity contribution >= 4 is 34.3 Å². The zero-order valence-corrected chi connectivity index (χ0v) is 27.4. The molecule has 3 aromatic carbocycles. The van der Waals surface area contributed by atoms with Crippen molar-refractivity contribution in [1.29, 1.82) is 0 Å². The number of H-pyrrole nitrogens is 2. The molecule has 48 heavy (non-hydrogen) atoms. The largest absolute Gasteiger partial charge is 0.349 e. The van der Waals surface area contributed by atoms with Crippen LogP contribution in [-0.4, -0.2) is 59.6 Å². The third-order valence-corrected chi connectivity index (χ3v) is 9.89. The van der Waals surface area contributed by atoms with Crippen LogP contribution in [-0.2, 0) is 16.0 Å². The van der Waals surface area contributed by atoms with Crippen molar-refractivity contribution in [3.8, 4) is 11.1 Å². The van der Waals surface area contributed by atoms with Crippen molar-refractivity contribution in [2.24, 2.45) is 17.6 Å². The molecule has 0 bridgehead atoms. The van der Waals surface area contributed by atoms with E-state index < -0.39 is 6.04 Å². The van der Waals surface area contributed by atoms with Crippen LogP contribution in [0.5, 0.6) is 0 Å². The van der Waals surface area contributed by atoms with Crippen LogP contribution in [0.4, 0.5) is 5.69 Å². The first-order valence-corrected chi connectivity index (χ1v) is 17.0. The first kappa shape index (κ1) is 33.2. The first-order valence-electron chi connectivity index (χ1n) is 17.0. The van der Waals surface area contributed by atoms with Crippen LogP contribution in [0.1, 0.15) is 60.0 Å². The van der Waals surface area contributed by atoms with Crippen LogP contribution in [0.25, 0.3) is 22.0 Å². The fourth-order valence-electron chi connectivity index (χ4n) is 6.92. The Morgan fingerprint density at radius 2 is 1.65 bits per heavy atom. The van der Waals surface area contributed by atoms with Gasteiger partial charge in [0.15, 0.2) is 0 Å². The van der Waals surface area contributed by atoms with Gasteiger partial charge in [-0.05, 0) is 124 Å². The van der Waals surface area contributed by atoms with E-state index in [9.17, 15) is 19.2 Å². The number of hydrogen-bond acceptors (Lipinski definition) is 6. The Hall–Kier alpha value is -4.74. The van der Waals surface area contributed by atoms with Crippen molar-refractivity contribution in [1.82, 2.24) is 26.1 Å². The van der Waals surface area contributed by atoms with Gasteiger partial charge in [-0.15, -0.1) is 0 Å². The zero-order valence-electron chi connectivity index (χ0n) is 27.4. The maximum Gasteiger partial charge on any atom is 0.271 e. The molecule has 0 spiro atoms. The Morgan fingerprint density at radius 3 is 2.35 bits per heavy atom. The van der Waals surface area contributed by atoms with Crippen LogP contribution in [0.2, 0.25) is 0 Å². The van der Waals surface area contributed by atoms with Gasteiger partial charge in [0.05, 0.1) is 10.9 Å². The quantitative estimate of drug-likeness (QED) is 0.138. The normalized spacial score (nSPS) is 19.0. The number of nitrogens with two attached hydrogens (primary N) is 1. The smallest absolute Gasteiger partial charge is 0.271 e. The topological polar surface area (TPSA) is 174 Å². The molecule has 1 saturated heterocycles. The molecule has 4 aromatic rings. The number of piperidine rings is 1. The summed E-state index contributed by atoms with van der Waals surface area (Å²) in [6.45, 7) is 4.46. The fourth-order valence-corrected chi connectivity index (χ4v) is 6.92. The predicted octanol–water partition coefficient (Wildman–Crippen LogP) is 3.74. The molecule has 0 radical (unpaired) electrons. The van der Waals surface area contributed by atoms with Crippen LogP contribution in [0.3, 0.4) is 0 Å². The van der Waals surface area contributed by atoms with Crippen molar-refractivity contribution in [2.45, 2.75) is 64.0 Å². The molecule has 0 unspecified atom stereocenters. The van der Waals surface area contributed by atoms with Gasteiger partial charge in [0, 0.05) is 29.6 Å². The third-order valence-electron chi connectivity index (χ3n) is 9.89. The van der Waals surface area contributed by atoms with Crippen LogP contribution in [0, 0.1) is 18.8 Å². The lowest BCUT2D eigenvalue weighted by Crippen LogP contribution is -2.48. The SMILES string of the molecule is Cc1cc(C(=O)NC2CCNCC2)ccc1-c1ccc(C[C@H](NC(=O)C2CCC(CN)CC2)C(=O)Nc2ccc3c(=O)[nH][nH]c3c2)cc1.